The number of hydrogen-bond donors (Lipinski definition) is 2. The van der Waals surface area contributed by atoms with Gasteiger partial charge in [0.05, 0.1) is 0 Å². The average Bonchev–Trinajstić information content (AvgIpc) is 3.08. The van der Waals surface area contributed by atoms with E-state index in [0.717, 1.165) is 38.6 Å². The van der Waals surface area contributed by atoms with Crippen LogP contribution >= 0.6 is 35.3 Å². The quantitative estimate of drug-likeness (QED) is 0.342. The Balaban J connectivity index is 0.00000312. The lowest BCUT2D eigenvalue weighted by Crippen LogP contribution is -2.46. The van der Waals surface area contributed by atoms with Crippen molar-refractivity contribution in [2.24, 2.45) is 10.9 Å². The molecule has 1 fully saturated rings. The molecule has 1 aromatic heterocycles. The molecule has 1 aliphatic heterocycles. The van der Waals surface area contributed by atoms with Gasteiger partial charge in [-0.3, -0.25) is 4.99 Å². The Bertz CT molecular complexity index is 472. The van der Waals surface area contributed by atoms with Crippen LogP contribution in [-0.2, 0) is 6.42 Å². The molecule has 0 aliphatic carbocycles. The molecule has 1 atom stereocenters. The fourth-order valence-corrected chi connectivity index (χ4v) is 3.59. The van der Waals surface area contributed by atoms with Crippen LogP contribution in [0.2, 0.25) is 0 Å². The van der Waals surface area contributed by atoms with E-state index in [2.05, 4.69) is 58.8 Å². The first-order valence-corrected chi connectivity index (χ1v) is 10.0. The number of nitrogens with one attached hydrogen (secondary N) is 2. The molecule has 1 unspecified atom stereocenters. The zero-order valence-corrected chi connectivity index (χ0v) is 19.0. The second kappa shape index (κ2) is 12.9. The summed E-state index contributed by atoms with van der Waals surface area (Å²) >= 11 is 1.82. The highest BCUT2D eigenvalue weighted by atomic mass is 127. The minimum Gasteiger partial charge on any atom is -0.357 e. The van der Waals surface area contributed by atoms with Gasteiger partial charge in [0.15, 0.2) is 5.96 Å². The Morgan fingerprint density at radius 1 is 1.28 bits per heavy atom. The zero-order chi connectivity index (χ0) is 17.2. The van der Waals surface area contributed by atoms with Crippen LogP contribution in [0.4, 0.5) is 0 Å². The van der Waals surface area contributed by atoms with Gasteiger partial charge >= 0.3 is 0 Å². The summed E-state index contributed by atoms with van der Waals surface area (Å²) in [5.74, 6) is 1.53. The van der Waals surface area contributed by atoms with E-state index < -0.39 is 0 Å². The van der Waals surface area contributed by atoms with Gasteiger partial charge in [0.25, 0.3) is 0 Å². The molecule has 0 amide bonds. The summed E-state index contributed by atoms with van der Waals surface area (Å²) in [7, 11) is 2.20. The number of guanidine groups is 1. The molecule has 1 saturated heterocycles. The maximum atomic E-state index is 4.77. The molecule has 0 saturated carbocycles. The van der Waals surface area contributed by atoms with E-state index in [4.69, 9.17) is 4.99 Å². The van der Waals surface area contributed by atoms with Crippen LogP contribution in [-0.4, -0.2) is 75.2 Å². The number of likely N-dealkylation sites (N-methyl/N-ethyl adjacent to an activating group) is 1. The van der Waals surface area contributed by atoms with E-state index in [9.17, 15) is 0 Å². The van der Waals surface area contributed by atoms with Crippen molar-refractivity contribution >= 4 is 41.3 Å². The topological polar surface area (TPSA) is 42.9 Å². The second-order valence-electron chi connectivity index (χ2n) is 6.68. The van der Waals surface area contributed by atoms with Crippen molar-refractivity contribution in [3.8, 4) is 0 Å². The van der Waals surface area contributed by atoms with Crippen LogP contribution in [0.25, 0.3) is 0 Å². The van der Waals surface area contributed by atoms with E-state index in [1.54, 1.807) is 0 Å². The molecule has 2 N–H and O–H groups in total. The highest BCUT2D eigenvalue weighted by Crippen LogP contribution is 2.08. The van der Waals surface area contributed by atoms with Gasteiger partial charge in [0.1, 0.15) is 0 Å². The van der Waals surface area contributed by atoms with Gasteiger partial charge in [0.2, 0.25) is 0 Å². The molecule has 2 rings (SSSR count). The van der Waals surface area contributed by atoms with Gasteiger partial charge in [-0.15, -0.1) is 35.3 Å². The van der Waals surface area contributed by atoms with Gasteiger partial charge < -0.3 is 20.4 Å². The summed E-state index contributed by atoms with van der Waals surface area (Å²) < 4.78 is 0. The third-order valence-corrected chi connectivity index (χ3v) is 5.25. The Labute approximate surface area is 174 Å². The first kappa shape index (κ1) is 22.7. The smallest absolute Gasteiger partial charge is 0.191 e. The van der Waals surface area contributed by atoms with Gasteiger partial charge in [0, 0.05) is 57.2 Å². The largest absolute Gasteiger partial charge is 0.357 e. The minimum absolute atomic E-state index is 0. The molecule has 0 spiro atoms. The standard InChI is InChI=1S/C18H33N5S.HI/c1-4-19-18(20-8-7-17-6-5-13-24-17)21-14-16(2)15-23-11-9-22(3)10-12-23;/h5-6,13,16H,4,7-12,14-15H2,1-3H3,(H2,19,20,21);1H. The fourth-order valence-electron chi connectivity index (χ4n) is 2.88. The SMILES string of the molecule is CCNC(=NCC(C)CN1CCN(C)CC1)NCCc1cccs1.I. The molecule has 1 aliphatic rings. The molecule has 144 valence electrons. The molecule has 2 heterocycles. The minimum atomic E-state index is 0. The van der Waals surface area contributed by atoms with Crippen molar-refractivity contribution in [3.63, 3.8) is 0 Å². The Morgan fingerprint density at radius 3 is 2.68 bits per heavy atom. The molecular weight excluding hydrogens is 445 g/mol. The summed E-state index contributed by atoms with van der Waals surface area (Å²) in [5.41, 5.74) is 0. The predicted octanol–water partition coefficient (Wildman–Crippen LogP) is 2.35. The van der Waals surface area contributed by atoms with Gasteiger partial charge in [-0.2, -0.15) is 0 Å². The summed E-state index contributed by atoms with van der Waals surface area (Å²) in [6.07, 6.45) is 1.05. The molecule has 25 heavy (non-hydrogen) atoms. The fraction of sp³-hybridized carbons (Fsp3) is 0.722. The van der Waals surface area contributed by atoms with Gasteiger partial charge in [-0.1, -0.05) is 13.0 Å². The molecule has 1 aromatic rings. The van der Waals surface area contributed by atoms with Crippen LogP contribution < -0.4 is 10.6 Å². The highest BCUT2D eigenvalue weighted by Gasteiger charge is 2.15. The maximum Gasteiger partial charge on any atom is 0.191 e. The second-order valence-corrected chi connectivity index (χ2v) is 7.72. The summed E-state index contributed by atoms with van der Waals surface area (Å²) in [6, 6.07) is 4.30. The zero-order valence-electron chi connectivity index (χ0n) is 15.8. The van der Waals surface area contributed by atoms with Crippen LogP contribution in [0, 0.1) is 5.92 Å². The number of rotatable bonds is 8. The number of hydrogen-bond acceptors (Lipinski definition) is 4. The summed E-state index contributed by atoms with van der Waals surface area (Å²) in [6.45, 7) is 13.0. The number of aliphatic imine (C=N–C) groups is 1. The molecular formula is C18H34IN5S. The number of piperazine rings is 1. The lowest BCUT2D eigenvalue weighted by molar-refractivity contribution is 0.140. The van der Waals surface area contributed by atoms with E-state index >= 15 is 0 Å². The number of halogens is 1. The lowest BCUT2D eigenvalue weighted by Gasteiger charge is -2.33. The summed E-state index contributed by atoms with van der Waals surface area (Å²) in [4.78, 5) is 11.2. The normalized spacial score (nSPS) is 17.8. The highest BCUT2D eigenvalue weighted by molar-refractivity contribution is 14.0. The Morgan fingerprint density at radius 2 is 2.04 bits per heavy atom. The van der Waals surface area contributed by atoms with Crippen molar-refractivity contribution < 1.29 is 0 Å². The van der Waals surface area contributed by atoms with E-state index in [1.165, 1.54) is 31.1 Å². The molecule has 0 bridgehead atoms. The van der Waals surface area contributed by atoms with Crippen molar-refractivity contribution in [2.45, 2.75) is 20.3 Å². The lowest BCUT2D eigenvalue weighted by atomic mass is 10.1. The van der Waals surface area contributed by atoms with Crippen LogP contribution in [0.5, 0.6) is 0 Å². The number of thiophene rings is 1. The van der Waals surface area contributed by atoms with Crippen LogP contribution in [0.15, 0.2) is 22.5 Å². The van der Waals surface area contributed by atoms with Crippen molar-refractivity contribution in [1.82, 2.24) is 20.4 Å². The van der Waals surface area contributed by atoms with Gasteiger partial charge in [-0.25, -0.2) is 0 Å². The van der Waals surface area contributed by atoms with E-state index in [-0.39, 0.29) is 24.0 Å². The maximum absolute atomic E-state index is 4.77. The third kappa shape index (κ3) is 9.21. The first-order chi connectivity index (χ1) is 11.7. The van der Waals surface area contributed by atoms with Crippen molar-refractivity contribution in [1.29, 1.82) is 0 Å². The third-order valence-electron chi connectivity index (χ3n) is 4.32. The number of nitrogens with zero attached hydrogens (tertiary/aromatic N) is 3. The van der Waals surface area contributed by atoms with Gasteiger partial charge in [-0.05, 0) is 37.8 Å². The Kier molecular flexibility index (Phi) is 11.7. The monoisotopic (exact) mass is 479 g/mol. The molecule has 5 nitrogen and oxygen atoms in total. The van der Waals surface area contributed by atoms with Crippen LogP contribution in [0.3, 0.4) is 0 Å². The molecule has 7 heteroatoms. The first-order valence-electron chi connectivity index (χ1n) is 9.12. The van der Waals surface area contributed by atoms with E-state index in [0.29, 0.717) is 5.92 Å². The summed E-state index contributed by atoms with van der Waals surface area (Å²) in [5, 5.41) is 8.93. The molecule has 0 radical (unpaired) electrons. The van der Waals surface area contributed by atoms with Crippen LogP contribution in [0.1, 0.15) is 18.7 Å². The Hall–Kier alpha value is -0.380. The van der Waals surface area contributed by atoms with E-state index in [1.807, 2.05) is 11.3 Å². The average molecular weight is 479 g/mol. The molecule has 0 aromatic carbocycles. The van der Waals surface area contributed by atoms with Crippen molar-refractivity contribution in [2.75, 3.05) is 59.4 Å². The van der Waals surface area contributed by atoms with Crippen molar-refractivity contribution in [3.05, 3.63) is 22.4 Å². The predicted molar refractivity (Wildman–Crippen MR) is 121 cm³/mol.